The zero-order chi connectivity index (χ0) is 36.9. The molecule has 3 heterocycles. The first-order chi connectivity index (χ1) is 23.7. The lowest BCUT2D eigenvalue weighted by molar-refractivity contribution is -0.306. The zero-order valence-electron chi connectivity index (χ0n) is 27.8. The molecular formula is C28H56N8O12S2. The Bertz CT molecular complexity index is 1070. The molecule has 4 fully saturated rings. The van der Waals surface area contributed by atoms with E-state index in [-0.39, 0.29) is 25.3 Å². The van der Waals surface area contributed by atoms with E-state index in [2.05, 4.69) is 10.6 Å². The topological polar surface area (TPSA) is 357 Å². The van der Waals surface area contributed by atoms with Gasteiger partial charge in [0.15, 0.2) is 24.0 Å². The van der Waals surface area contributed by atoms with Gasteiger partial charge in [-0.15, -0.1) is 0 Å². The highest BCUT2D eigenvalue weighted by Gasteiger charge is 2.54. The van der Waals surface area contributed by atoms with Crippen LogP contribution in [0.4, 0.5) is 0 Å². The number of aliphatic hydroxyl groups excluding tert-OH is 6. The molecule has 4 rings (SSSR count). The smallest absolute Gasteiger partial charge is 0.187 e. The molecule has 0 aromatic rings. The van der Waals surface area contributed by atoms with E-state index in [9.17, 15) is 30.6 Å². The molecule has 4 aliphatic rings. The molecule has 0 aromatic carbocycles. The SMILES string of the molecule is CCNC(=S)NCCSCC1OC(OC2C(O)[C@H](N)CC(N)[C@H]2O[C@H]2OC(CN)[C@@H](O)C(O)C2N)C(O)C1O[C@H]1OC(CN)[C@@H](O)C(O)C1N. The Morgan fingerprint density at radius 3 is 1.74 bits per heavy atom. The van der Waals surface area contributed by atoms with Crippen molar-refractivity contribution in [2.75, 3.05) is 37.7 Å². The van der Waals surface area contributed by atoms with E-state index >= 15 is 0 Å². The van der Waals surface area contributed by atoms with Crippen molar-refractivity contribution in [1.82, 2.24) is 10.6 Å². The predicted molar refractivity (Wildman–Crippen MR) is 183 cm³/mol. The van der Waals surface area contributed by atoms with Gasteiger partial charge in [0, 0.05) is 49.8 Å². The largest absolute Gasteiger partial charge is 0.389 e. The highest BCUT2D eigenvalue weighted by atomic mass is 32.2. The Morgan fingerprint density at radius 1 is 0.680 bits per heavy atom. The molecule has 20 N–H and O–H groups in total. The summed E-state index contributed by atoms with van der Waals surface area (Å²) in [4.78, 5) is 0. The van der Waals surface area contributed by atoms with E-state index in [0.717, 1.165) is 0 Å². The van der Waals surface area contributed by atoms with Gasteiger partial charge in [-0.05, 0) is 25.6 Å². The first-order valence-electron chi connectivity index (χ1n) is 16.8. The minimum absolute atomic E-state index is 0.108. The second-order valence-electron chi connectivity index (χ2n) is 12.9. The number of rotatable bonds is 14. The molecule has 3 saturated heterocycles. The molecule has 1 aliphatic carbocycles. The first-order valence-corrected chi connectivity index (χ1v) is 18.3. The second-order valence-corrected chi connectivity index (χ2v) is 14.5. The van der Waals surface area contributed by atoms with E-state index in [1.54, 1.807) is 0 Å². The number of ether oxygens (including phenoxy) is 6. The van der Waals surface area contributed by atoms with Gasteiger partial charge < -0.3 is 104 Å². The fourth-order valence-electron chi connectivity index (χ4n) is 6.39. The van der Waals surface area contributed by atoms with Crippen LogP contribution in [0.3, 0.4) is 0 Å². The maximum Gasteiger partial charge on any atom is 0.187 e. The highest BCUT2D eigenvalue weighted by Crippen LogP contribution is 2.35. The molecule has 19 atom stereocenters. The van der Waals surface area contributed by atoms with Crippen LogP contribution in [0, 0.1) is 0 Å². The van der Waals surface area contributed by atoms with E-state index in [1.165, 1.54) is 11.8 Å². The number of hydrogen-bond donors (Lipinski definition) is 14. The van der Waals surface area contributed by atoms with Crippen LogP contribution in [-0.4, -0.2) is 190 Å². The van der Waals surface area contributed by atoms with Gasteiger partial charge in [0.25, 0.3) is 0 Å². The van der Waals surface area contributed by atoms with Crippen molar-refractivity contribution in [2.45, 2.75) is 130 Å². The highest BCUT2D eigenvalue weighted by molar-refractivity contribution is 7.99. The summed E-state index contributed by atoms with van der Waals surface area (Å²) in [5.41, 5.74) is 36.4. The molecule has 50 heavy (non-hydrogen) atoms. The molecule has 0 aromatic heterocycles. The summed E-state index contributed by atoms with van der Waals surface area (Å²) in [6.45, 7) is 2.84. The molecule has 0 bridgehead atoms. The van der Waals surface area contributed by atoms with Crippen LogP contribution < -0.4 is 45.0 Å². The Labute approximate surface area is 300 Å². The van der Waals surface area contributed by atoms with Crippen LogP contribution in [0.1, 0.15) is 13.3 Å². The van der Waals surface area contributed by atoms with Crippen molar-refractivity contribution in [3.8, 4) is 0 Å². The van der Waals surface area contributed by atoms with Gasteiger partial charge in [-0.2, -0.15) is 11.8 Å². The summed E-state index contributed by atoms with van der Waals surface area (Å²) in [5.74, 6) is 0.870. The number of thioether (sulfide) groups is 1. The lowest BCUT2D eigenvalue weighted by atomic mass is 9.84. The molecule has 0 radical (unpaired) electrons. The summed E-state index contributed by atoms with van der Waals surface area (Å²) in [7, 11) is 0. The lowest BCUT2D eigenvalue weighted by Gasteiger charge is -2.47. The van der Waals surface area contributed by atoms with E-state index in [4.69, 9.17) is 75.0 Å². The second kappa shape index (κ2) is 19.1. The van der Waals surface area contributed by atoms with Gasteiger partial charge in [0.1, 0.15) is 61.0 Å². The van der Waals surface area contributed by atoms with E-state index < -0.39 is 116 Å². The van der Waals surface area contributed by atoms with Crippen molar-refractivity contribution in [2.24, 2.45) is 34.4 Å². The molecule has 0 amide bonds. The molecule has 292 valence electrons. The molecular weight excluding hydrogens is 704 g/mol. The average molecular weight is 761 g/mol. The van der Waals surface area contributed by atoms with Gasteiger partial charge in [-0.25, -0.2) is 0 Å². The van der Waals surface area contributed by atoms with Gasteiger partial charge in [0.05, 0.1) is 24.3 Å². The minimum atomic E-state index is -1.51. The molecule has 13 unspecified atom stereocenters. The van der Waals surface area contributed by atoms with Crippen LogP contribution in [0.5, 0.6) is 0 Å². The molecule has 22 heteroatoms. The average Bonchev–Trinajstić information content (AvgIpc) is 3.37. The summed E-state index contributed by atoms with van der Waals surface area (Å²) >= 11 is 6.66. The summed E-state index contributed by atoms with van der Waals surface area (Å²) in [6, 6.07) is -4.10. The summed E-state index contributed by atoms with van der Waals surface area (Å²) < 4.78 is 36.1. The van der Waals surface area contributed by atoms with Gasteiger partial charge in [0.2, 0.25) is 0 Å². The number of hydrogen-bond acceptors (Lipinski definition) is 20. The zero-order valence-corrected chi connectivity index (χ0v) is 29.5. The standard InChI is InChI=1S/C28H56N8O12S2/c1-2-35-28(49)36-3-4-50-8-13-23(47-26-15(34)20(41)18(39)12(7-30)44-26)21(42)27(45-13)48-24-16(37)9(31)5-10(32)22(24)46-25-14(33)19(40)17(38)11(6-29)43-25/h9-27,37-42H,2-8,29-34H2,1H3,(H2,35,36,49)/t9-,10?,11?,12?,13?,14?,15?,16?,17-,18-,19?,20?,21?,22-,23?,24?,25-,26-,27?/m1/s1. The monoisotopic (exact) mass is 760 g/mol. The van der Waals surface area contributed by atoms with Crippen LogP contribution in [0.25, 0.3) is 0 Å². The maximum absolute atomic E-state index is 11.6. The lowest BCUT2D eigenvalue weighted by Crippen LogP contribution is -2.68. The van der Waals surface area contributed by atoms with Crippen molar-refractivity contribution >= 4 is 29.1 Å². The maximum atomic E-state index is 11.6. The molecule has 1 saturated carbocycles. The summed E-state index contributed by atoms with van der Waals surface area (Å²) in [5, 5.41) is 71.1. The van der Waals surface area contributed by atoms with Crippen LogP contribution in [-0.2, 0) is 28.4 Å². The van der Waals surface area contributed by atoms with Crippen molar-refractivity contribution < 1.29 is 59.1 Å². The van der Waals surface area contributed by atoms with Crippen molar-refractivity contribution in [3.05, 3.63) is 0 Å². The number of nitrogens with two attached hydrogens (primary N) is 6. The van der Waals surface area contributed by atoms with Gasteiger partial charge in [-0.3, -0.25) is 0 Å². The molecule has 20 nitrogen and oxygen atoms in total. The Morgan fingerprint density at radius 2 is 1.20 bits per heavy atom. The predicted octanol–water partition coefficient (Wildman–Crippen LogP) is -7.67. The van der Waals surface area contributed by atoms with E-state index in [0.29, 0.717) is 24.0 Å². The fraction of sp³-hybridized carbons (Fsp3) is 0.964. The van der Waals surface area contributed by atoms with Crippen LogP contribution >= 0.6 is 24.0 Å². The quantitative estimate of drug-likeness (QED) is 0.0577. The normalized spacial score (nSPS) is 46.9. The van der Waals surface area contributed by atoms with E-state index in [1.807, 2.05) is 6.92 Å². The number of thiocarbonyl (C=S) groups is 1. The summed E-state index contributed by atoms with van der Waals surface area (Å²) in [6.07, 6.45) is -18.8. The third kappa shape index (κ3) is 9.70. The van der Waals surface area contributed by atoms with Crippen LogP contribution in [0.15, 0.2) is 0 Å². The number of aliphatic hydroxyl groups is 6. The van der Waals surface area contributed by atoms with Crippen molar-refractivity contribution in [1.29, 1.82) is 0 Å². The van der Waals surface area contributed by atoms with Gasteiger partial charge in [-0.1, -0.05) is 0 Å². The van der Waals surface area contributed by atoms with Crippen molar-refractivity contribution in [3.63, 3.8) is 0 Å². The van der Waals surface area contributed by atoms with Crippen LogP contribution in [0.2, 0.25) is 0 Å². The first kappa shape index (κ1) is 42.1. The molecule has 0 spiro atoms. The Kier molecular flexibility index (Phi) is 16.0. The Balaban J connectivity index is 1.51. The fourth-order valence-corrected chi connectivity index (χ4v) is 7.55. The third-order valence-corrected chi connectivity index (χ3v) is 10.7. The Hall–Kier alpha value is -0.680. The molecule has 3 aliphatic heterocycles. The minimum Gasteiger partial charge on any atom is -0.389 e. The third-order valence-electron chi connectivity index (χ3n) is 9.34. The van der Waals surface area contributed by atoms with Gasteiger partial charge >= 0.3 is 0 Å². The number of nitrogens with one attached hydrogen (secondary N) is 2.